The number of pyridine rings is 1. The van der Waals surface area contributed by atoms with E-state index in [2.05, 4.69) is 11.1 Å². The van der Waals surface area contributed by atoms with Gasteiger partial charge in [0, 0.05) is 25.2 Å². The minimum Gasteiger partial charge on any atom is -0.465 e. The van der Waals surface area contributed by atoms with Crippen LogP contribution in [0.25, 0.3) is 0 Å². The van der Waals surface area contributed by atoms with Gasteiger partial charge in [-0.2, -0.15) is 5.26 Å². The van der Waals surface area contributed by atoms with Crippen molar-refractivity contribution in [3.8, 4) is 6.07 Å². The summed E-state index contributed by atoms with van der Waals surface area (Å²) in [6.45, 7) is 0.969. The molecule has 1 aromatic rings. The lowest BCUT2D eigenvalue weighted by Crippen LogP contribution is -2.35. The highest BCUT2D eigenvalue weighted by molar-refractivity contribution is 5.65. The van der Waals surface area contributed by atoms with Gasteiger partial charge in [0.1, 0.15) is 5.41 Å². The Labute approximate surface area is 105 Å². The Balaban J connectivity index is 1.90. The molecule has 2 fully saturated rings. The zero-order chi connectivity index (χ0) is 12.8. The molecule has 1 N–H and O–H groups in total. The van der Waals surface area contributed by atoms with Gasteiger partial charge in [-0.15, -0.1) is 0 Å². The average Bonchev–Trinajstić information content (AvgIpc) is 3.07. The van der Waals surface area contributed by atoms with Crippen LogP contribution in [-0.2, 0) is 5.41 Å². The van der Waals surface area contributed by atoms with Gasteiger partial charge < -0.3 is 10.0 Å². The fraction of sp³-hybridized carbons (Fsp3) is 0.462. The zero-order valence-electron chi connectivity index (χ0n) is 9.78. The Kier molecular flexibility index (Phi) is 2.27. The second kappa shape index (κ2) is 3.70. The van der Waals surface area contributed by atoms with Crippen LogP contribution in [-0.4, -0.2) is 34.2 Å². The molecule has 3 rings (SSSR count). The van der Waals surface area contributed by atoms with Crippen LogP contribution in [0.2, 0.25) is 0 Å². The largest absolute Gasteiger partial charge is 0.465 e. The zero-order valence-corrected chi connectivity index (χ0v) is 9.78. The molecule has 1 amide bonds. The number of likely N-dealkylation sites (tertiary alicyclic amines) is 1. The number of nitriles is 1. The number of piperidine rings is 1. The fourth-order valence-electron chi connectivity index (χ4n) is 3.25. The summed E-state index contributed by atoms with van der Waals surface area (Å²) in [6, 6.07) is 7.96. The molecule has 1 saturated carbocycles. The van der Waals surface area contributed by atoms with Gasteiger partial charge in [0.05, 0.1) is 11.8 Å². The molecule has 1 aromatic heterocycles. The van der Waals surface area contributed by atoms with E-state index in [0.29, 0.717) is 13.1 Å². The molecule has 18 heavy (non-hydrogen) atoms. The number of carboxylic acid groups (broad SMARTS) is 1. The Morgan fingerprint density at radius 1 is 1.56 bits per heavy atom. The van der Waals surface area contributed by atoms with Crippen LogP contribution in [0.1, 0.15) is 12.1 Å². The molecule has 5 heteroatoms. The molecule has 0 spiro atoms. The Bertz CT molecular complexity index is 525. The lowest BCUT2D eigenvalue weighted by atomic mass is 9.98. The average molecular weight is 243 g/mol. The number of carbonyl (C=O) groups is 1. The monoisotopic (exact) mass is 243 g/mol. The maximum atomic E-state index is 11.0. The number of nitrogens with zero attached hydrogens (tertiary/aromatic N) is 3. The van der Waals surface area contributed by atoms with Gasteiger partial charge in [0.25, 0.3) is 0 Å². The number of hydrogen-bond donors (Lipinski definition) is 1. The smallest absolute Gasteiger partial charge is 0.407 e. The summed E-state index contributed by atoms with van der Waals surface area (Å²) in [5.41, 5.74) is 0.223. The minimum atomic E-state index is -0.895. The second-order valence-electron chi connectivity index (χ2n) is 4.93. The SMILES string of the molecule is N#CC1(c2ccccn2)C2CCN(C(=O)O)CC21. The maximum absolute atomic E-state index is 11.0. The van der Waals surface area contributed by atoms with Gasteiger partial charge in [-0.05, 0) is 24.5 Å². The second-order valence-corrected chi connectivity index (χ2v) is 4.93. The van der Waals surface area contributed by atoms with E-state index in [4.69, 9.17) is 5.11 Å². The number of aromatic nitrogens is 1. The van der Waals surface area contributed by atoms with Crippen molar-refractivity contribution >= 4 is 6.09 Å². The Morgan fingerprint density at radius 3 is 3.00 bits per heavy atom. The summed E-state index contributed by atoms with van der Waals surface area (Å²) < 4.78 is 0. The van der Waals surface area contributed by atoms with Gasteiger partial charge in [-0.25, -0.2) is 4.79 Å². The maximum Gasteiger partial charge on any atom is 0.407 e. The van der Waals surface area contributed by atoms with Crippen LogP contribution in [0.5, 0.6) is 0 Å². The first-order chi connectivity index (χ1) is 8.70. The predicted molar refractivity (Wildman–Crippen MR) is 62.7 cm³/mol. The summed E-state index contributed by atoms with van der Waals surface area (Å²) in [4.78, 5) is 16.7. The van der Waals surface area contributed by atoms with Crippen molar-refractivity contribution in [3.05, 3.63) is 30.1 Å². The Hall–Kier alpha value is -2.09. The van der Waals surface area contributed by atoms with Gasteiger partial charge in [-0.3, -0.25) is 4.98 Å². The van der Waals surface area contributed by atoms with Crippen LogP contribution >= 0.6 is 0 Å². The molecule has 1 saturated heterocycles. The summed E-state index contributed by atoms with van der Waals surface area (Å²) in [7, 11) is 0. The molecule has 2 aliphatic rings. The molecule has 1 aliphatic carbocycles. The van der Waals surface area contributed by atoms with Gasteiger partial charge in [-0.1, -0.05) is 6.07 Å². The van der Waals surface area contributed by atoms with E-state index in [1.165, 1.54) is 4.90 Å². The van der Waals surface area contributed by atoms with E-state index in [9.17, 15) is 10.1 Å². The molecule has 3 unspecified atom stereocenters. The highest BCUT2D eigenvalue weighted by atomic mass is 16.4. The van der Waals surface area contributed by atoms with E-state index in [1.807, 2.05) is 18.2 Å². The van der Waals surface area contributed by atoms with Crippen LogP contribution in [0.4, 0.5) is 4.79 Å². The summed E-state index contributed by atoms with van der Waals surface area (Å²) in [5, 5.41) is 18.5. The molecule has 92 valence electrons. The normalized spacial score (nSPS) is 33.4. The third-order valence-electron chi connectivity index (χ3n) is 4.22. The molecule has 5 nitrogen and oxygen atoms in total. The highest BCUT2D eigenvalue weighted by Crippen LogP contribution is 2.62. The van der Waals surface area contributed by atoms with E-state index in [1.54, 1.807) is 6.20 Å². The third-order valence-corrected chi connectivity index (χ3v) is 4.22. The van der Waals surface area contributed by atoms with Crippen molar-refractivity contribution in [3.63, 3.8) is 0 Å². The first kappa shape index (κ1) is 11.0. The van der Waals surface area contributed by atoms with Crippen molar-refractivity contribution in [2.75, 3.05) is 13.1 Å². The van der Waals surface area contributed by atoms with Crippen LogP contribution in [0, 0.1) is 23.2 Å². The van der Waals surface area contributed by atoms with Crippen LogP contribution < -0.4 is 0 Å². The number of hydrogen-bond acceptors (Lipinski definition) is 3. The molecule has 0 bridgehead atoms. The van der Waals surface area contributed by atoms with Crippen molar-refractivity contribution in [2.45, 2.75) is 11.8 Å². The van der Waals surface area contributed by atoms with Crippen molar-refractivity contribution in [1.29, 1.82) is 5.26 Å². The van der Waals surface area contributed by atoms with E-state index in [-0.39, 0.29) is 11.8 Å². The lowest BCUT2D eigenvalue weighted by Gasteiger charge is -2.22. The summed E-state index contributed by atoms with van der Waals surface area (Å²) in [5.74, 6) is 0.357. The van der Waals surface area contributed by atoms with E-state index >= 15 is 0 Å². The predicted octanol–water partition coefficient (Wildman–Crippen LogP) is 1.47. The molecular formula is C13H13N3O2. The van der Waals surface area contributed by atoms with Crippen LogP contribution in [0.3, 0.4) is 0 Å². The van der Waals surface area contributed by atoms with Crippen molar-refractivity contribution in [1.82, 2.24) is 9.88 Å². The van der Waals surface area contributed by atoms with E-state index in [0.717, 1.165) is 12.1 Å². The molecule has 2 heterocycles. The fourth-order valence-corrected chi connectivity index (χ4v) is 3.25. The standard InChI is InChI=1S/C13H13N3O2/c14-8-13(11-3-1-2-5-15-11)9-4-6-16(12(17)18)7-10(9)13/h1-3,5,9-10H,4,6-7H2,(H,17,18). The molecular weight excluding hydrogens is 230 g/mol. The molecule has 0 radical (unpaired) electrons. The van der Waals surface area contributed by atoms with Crippen molar-refractivity contribution in [2.24, 2.45) is 11.8 Å². The molecule has 3 atom stereocenters. The third kappa shape index (κ3) is 1.32. The molecule has 1 aliphatic heterocycles. The van der Waals surface area contributed by atoms with Crippen molar-refractivity contribution < 1.29 is 9.90 Å². The number of amides is 1. The van der Waals surface area contributed by atoms with Gasteiger partial charge in [0.15, 0.2) is 0 Å². The first-order valence-electron chi connectivity index (χ1n) is 6.01. The number of rotatable bonds is 1. The topological polar surface area (TPSA) is 77.2 Å². The van der Waals surface area contributed by atoms with E-state index < -0.39 is 11.5 Å². The van der Waals surface area contributed by atoms with Crippen LogP contribution in [0.15, 0.2) is 24.4 Å². The molecule has 0 aromatic carbocycles. The van der Waals surface area contributed by atoms with Gasteiger partial charge >= 0.3 is 6.09 Å². The quantitative estimate of drug-likeness (QED) is 0.810. The minimum absolute atomic E-state index is 0.0993. The summed E-state index contributed by atoms with van der Waals surface area (Å²) in [6.07, 6.45) is 1.54. The Morgan fingerprint density at radius 2 is 2.39 bits per heavy atom. The summed E-state index contributed by atoms with van der Waals surface area (Å²) >= 11 is 0. The highest BCUT2D eigenvalue weighted by Gasteiger charge is 2.68. The number of fused-ring (bicyclic) bond motifs is 1. The lowest BCUT2D eigenvalue weighted by molar-refractivity contribution is 0.133. The first-order valence-corrected chi connectivity index (χ1v) is 6.01. The van der Waals surface area contributed by atoms with Gasteiger partial charge in [0.2, 0.25) is 0 Å².